The Morgan fingerprint density at radius 1 is 1.17 bits per heavy atom. The minimum Gasteiger partial charge on any atom is -0.368 e. The lowest BCUT2D eigenvalue weighted by molar-refractivity contribution is -0.127. The second-order valence-corrected chi connectivity index (χ2v) is 5.63. The van der Waals surface area contributed by atoms with E-state index in [9.17, 15) is 18.4 Å². The maximum atomic E-state index is 13.6. The van der Waals surface area contributed by atoms with Crippen LogP contribution in [0.3, 0.4) is 0 Å². The highest BCUT2D eigenvalue weighted by molar-refractivity contribution is 5.87. The van der Waals surface area contributed by atoms with E-state index in [4.69, 9.17) is 5.73 Å². The average Bonchev–Trinajstić information content (AvgIpc) is 2.49. The molecule has 3 N–H and O–H groups in total. The first-order valence-corrected chi connectivity index (χ1v) is 7.43. The van der Waals surface area contributed by atoms with Crippen molar-refractivity contribution < 1.29 is 18.4 Å². The first kappa shape index (κ1) is 17.6. The Morgan fingerprint density at radius 2 is 1.92 bits per heavy atom. The van der Waals surface area contributed by atoms with Crippen LogP contribution in [0.1, 0.15) is 16.7 Å². The average molecular weight is 332 g/mol. The number of hydrogen-bond acceptors (Lipinski definition) is 2. The van der Waals surface area contributed by atoms with Crippen molar-refractivity contribution in [3.63, 3.8) is 0 Å². The molecule has 0 bridgehead atoms. The standard InChI is InChI=1S/C18H18F2N2O2/c1-11-3-2-4-12(7-11)8-16(18(21)24)22-17(23)9-13-5-6-14(19)10-15(13)20/h2-7,10,16H,8-9H2,1H3,(H2,21,24)(H,22,23)/t16-/m1/s1. The number of carbonyl (C=O) groups is 2. The molecule has 126 valence electrons. The van der Waals surface area contributed by atoms with Gasteiger partial charge >= 0.3 is 0 Å². The quantitative estimate of drug-likeness (QED) is 0.849. The topological polar surface area (TPSA) is 72.2 Å². The van der Waals surface area contributed by atoms with E-state index < -0.39 is 29.5 Å². The van der Waals surface area contributed by atoms with Gasteiger partial charge in [-0.15, -0.1) is 0 Å². The zero-order chi connectivity index (χ0) is 17.7. The van der Waals surface area contributed by atoms with Crippen molar-refractivity contribution in [2.75, 3.05) is 0 Å². The molecule has 0 aliphatic carbocycles. The number of aryl methyl sites for hydroxylation is 1. The van der Waals surface area contributed by atoms with E-state index in [1.54, 1.807) is 0 Å². The first-order valence-electron chi connectivity index (χ1n) is 7.43. The molecule has 6 heteroatoms. The van der Waals surface area contributed by atoms with Gasteiger partial charge in [-0.3, -0.25) is 9.59 Å². The Kier molecular flexibility index (Phi) is 5.63. The molecule has 0 saturated heterocycles. The third-order valence-electron chi connectivity index (χ3n) is 3.57. The van der Waals surface area contributed by atoms with Crippen molar-refractivity contribution in [3.8, 4) is 0 Å². The number of carbonyl (C=O) groups excluding carboxylic acids is 2. The molecule has 4 nitrogen and oxygen atoms in total. The molecule has 0 saturated carbocycles. The zero-order valence-electron chi connectivity index (χ0n) is 13.2. The van der Waals surface area contributed by atoms with E-state index in [-0.39, 0.29) is 18.4 Å². The highest BCUT2D eigenvalue weighted by Crippen LogP contribution is 2.11. The molecule has 0 fully saturated rings. The monoisotopic (exact) mass is 332 g/mol. The molecule has 0 aromatic heterocycles. The van der Waals surface area contributed by atoms with Gasteiger partial charge in [0, 0.05) is 12.5 Å². The molecule has 2 amide bonds. The molecular formula is C18H18F2N2O2. The van der Waals surface area contributed by atoms with Crippen molar-refractivity contribution >= 4 is 11.8 Å². The van der Waals surface area contributed by atoms with Crippen molar-refractivity contribution in [2.24, 2.45) is 5.73 Å². The number of primary amides is 1. The van der Waals surface area contributed by atoms with Crippen LogP contribution in [0.15, 0.2) is 42.5 Å². The van der Waals surface area contributed by atoms with Crippen molar-refractivity contribution in [1.82, 2.24) is 5.32 Å². The van der Waals surface area contributed by atoms with Crippen LogP contribution in [0.4, 0.5) is 8.78 Å². The van der Waals surface area contributed by atoms with Gasteiger partial charge < -0.3 is 11.1 Å². The highest BCUT2D eigenvalue weighted by atomic mass is 19.1. The number of nitrogens with one attached hydrogen (secondary N) is 1. The lowest BCUT2D eigenvalue weighted by Gasteiger charge is -2.16. The molecular weight excluding hydrogens is 314 g/mol. The van der Waals surface area contributed by atoms with Gasteiger partial charge in [0.1, 0.15) is 17.7 Å². The van der Waals surface area contributed by atoms with Gasteiger partial charge in [0.25, 0.3) is 0 Å². The number of hydrogen-bond donors (Lipinski definition) is 2. The van der Waals surface area contributed by atoms with Crippen molar-refractivity contribution in [2.45, 2.75) is 25.8 Å². The van der Waals surface area contributed by atoms with E-state index in [0.717, 1.165) is 17.2 Å². The molecule has 0 aliphatic heterocycles. The minimum atomic E-state index is -0.900. The van der Waals surface area contributed by atoms with Gasteiger partial charge in [0.05, 0.1) is 6.42 Å². The van der Waals surface area contributed by atoms with E-state index in [1.807, 2.05) is 31.2 Å². The Balaban J connectivity index is 2.04. The second-order valence-electron chi connectivity index (χ2n) is 5.63. The summed E-state index contributed by atoms with van der Waals surface area (Å²) in [6.45, 7) is 1.92. The third kappa shape index (κ3) is 4.87. The Morgan fingerprint density at radius 3 is 2.54 bits per heavy atom. The van der Waals surface area contributed by atoms with Gasteiger partial charge in [-0.05, 0) is 24.1 Å². The summed E-state index contributed by atoms with van der Waals surface area (Å²) >= 11 is 0. The van der Waals surface area contributed by atoms with Crippen LogP contribution < -0.4 is 11.1 Å². The van der Waals surface area contributed by atoms with Crippen LogP contribution in [-0.4, -0.2) is 17.9 Å². The summed E-state index contributed by atoms with van der Waals surface area (Å²) < 4.78 is 26.5. The molecule has 0 spiro atoms. The second kappa shape index (κ2) is 7.68. The maximum Gasteiger partial charge on any atom is 0.240 e. The number of rotatable bonds is 6. The van der Waals surface area contributed by atoms with Gasteiger partial charge in [0.2, 0.25) is 11.8 Å². The molecule has 24 heavy (non-hydrogen) atoms. The fourth-order valence-electron chi connectivity index (χ4n) is 2.38. The van der Waals surface area contributed by atoms with Crippen molar-refractivity contribution in [1.29, 1.82) is 0 Å². The summed E-state index contributed by atoms with van der Waals surface area (Å²) in [6, 6.07) is 9.56. The summed E-state index contributed by atoms with van der Waals surface area (Å²) in [5, 5.41) is 2.50. The molecule has 2 aromatic rings. The van der Waals surface area contributed by atoms with Crippen LogP contribution in [-0.2, 0) is 22.4 Å². The minimum absolute atomic E-state index is 0.0488. The van der Waals surface area contributed by atoms with Gasteiger partial charge in [0.15, 0.2) is 0 Å². The lowest BCUT2D eigenvalue weighted by atomic mass is 10.0. The molecule has 1 atom stereocenters. The Labute approximate surface area is 138 Å². The Bertz CT molecular complexity index is 762. The highest BCUT2D eigenvalue weighted by Gasteiger charge is 2.19. The summed E-state index contributed by atoms with van der Waals surface area (Å²) in [5.41, 5.74) is 7.26. The van der Waals surface area contributed by atoms with Gasteiger partial charge in [-0.25, -0.2) is 8.78 Å². The van der Waals surface area contributed by atoms with Gasteiger partial charge in [-0.1, -0.05) is 35.9 Å². The summed E-state index contributed by atoms with van der Waals surface area (Å²) in [6.07, 6.45) is -0.0572. The molecule has 0 radical (unpaired) electrons. The molecule has 2 aromatic carbocycles. The first-order chi connectivity index (χ1) is 11.3. The fourth-order valence-corrected chi connectivity index (χ4v) is 2.38. The SMILES string of the molecule is Cc1cccc(C[C@@H](NC(=O)Cc2ccc(F)cc2F)C(N)=O)c1. The fraction of sp³-hybridized carbons (Fsp3) is 0.222. The van der Waals surface area contributed by atoms with Crippen molar-refractivity contribution in [3.05, 3.63) is 70.8 Å². The number of nitrogens with two attached hydrogens (primary N) is 1. The summed E-state index contributed by atoms with van der Waals surface area (Å²) in [4.78, 5) is 23.6. The van der Waals surface area contributed by atoms with E-state index in [1.165, 1.54) is 6.07 Å². The predicted molar refractivity (Wildman–Crippen MR) is 86.1 cm³/mol. The summed E-state index contributed by atoms with van der Waals surface area (Å²) in [7, 11) is 0. The van der Waals surface area contributed by atoms with Crippen LogP contribution in [0, 0.1) is 18.6 Å². The Hall–Kier alpha value is -2.76. The lowest BCUT2D eigenvalue weighted by Crippen LogP contribution is -2.46. The van der Waals surface area contributed by atoms with Gasteiger partial charge in [-0.2, -0.15) is 0 Å². The predicted octanol–water partition coefficient (Wildman–Crippen LogP) is 2.03. The smallest absolute Gasteiger partial charge is 0.240 e. The molecule has 2 rings (SSSR count). The molecule has 0 heterocycles. The van der Waals surface area contributed by atoms with Crippen LogP contribution >= 0.6 is 0 Å². The van der Waals surface area contributed by atoms with Crippen LogP contribution in [0.2, 0.25) is 0 Å². The van der Waals surface area contributed by atoms with E-state index >= 15 is 0 Å². The van der Waals surface area contributed by atoms with E-state index in [2.05, 4.69) is 5.32 Å². The molecule has 0 unspecified atom stereocenters. The largest absolute Gasteiger partial charge is 0.368 e. The molecule has 0 aliphatic rings. The zero-order valence-corrected chi connectivity index (χ0v) is 13.2. The summed E-state index contributed by atoms with van der Waals surface area (Å²) in [5.74, 6) is -2.76. The van der Waals surface area contributed by atoms with Crippen LogP contribution in [0.5, 0.6) is 0 Å². The van der Waals surface area contributed by atoms with E-state index in [0.29, 0.717) is 6.07 Å². The third-order valence-corrected chi connectivity index (χ3v) is 3.57. The normalized spacial score (nSPS) is 11.8. The number of benzene rings is 2. The number of amides is 2. The maximum absolute atomic E-state index is 13.6. The van der Waals surface area contributed by atoms with Crippen LogP contribution in [0.25, 0.3) is 0 Å². The number of halogens is 2.